The predicted octanol–water partition coefficient (Wildman–Crippen LogP) is 11.5. The molecule has 0 bridgehead atoms. The first-order valence-electron chi connectivity index (χ1n) is 16.9. The molecule has 0 aliphatic rings. The third-order valence-corrected chi connectivity index (χ3v) is 9.09. The van der Waals surface area contributed by atoms with E-state index in [0.717, 1.165) is 89.0 Å². The summed E-state index contributed by atoms with van der Waals surface area (Å²) in [6.07, 6.45) is 1.79. The number of fused-ring (bicyclic) bond motifs is 6. The smallest absolute Gasteiger partial charge is 0.128 e. The molecule has 0 amide bonds. The van der Waals surface area contributed by atoms with Crippen molar-refractivity contribution in [2.45, 2.75) is 6.92 Å². The molecule has 10 rings (SSSR count). The Kier molecular flexibility index (Phi) is 9.00. The van der Waals surface area contributed by atoms with Crippen LogP contribution >= 0.6 is 0 Å². The van der Waals surface area contributed by atoms with E-state index < -0.39 is 0 Å². The van der Waals surface area contributed by atoms with Gasteiger partial charge in [0.25, 0.3) is 0 Å². The number of aryl methyl sites for hydroxylation is 1. The van der Waals surface area contributed by atoms with Crippen LogP contribution in [0.3, 0.4) is 0 Å². The topological polar surface area (TPSA) is 56.7 Å². The molecule has 0 atom stereocenters. The summed E-state index contributed by atoms with van der Waals surface area (Å²) < 4.78 is 8.84. The maximum Gasteiger partial charge on any atom is 0.128 e. The predicted molar refractivity (Wildman–Crippen MR) is 207 cm³/mol. The number of para-hydroxylation sites is 1. The van der Waals surface area contributed by atoms with Gasteiger partial charge in [0, 0.05) is 48.3 Å². The first-order chi connectivity index (χ1) is 25.2. The number of hydrogen-bond acceptors (Lipinski definition) is 4. The molecular formula is C46H30IrN4O-2. The number of imidazole rings is 1. The molecule has 6 aromatic carbocycles. The number of furan rings is 1. The van der Waals surface area contributed by atoms with Gasteiger partial charge in [-0.2, -0.15) is 0 Å². The van der Waals surface area contributed by atoms with E-state index in [4.69, 9.17) is 14.4 Å². The van der Waals surface area contributed by atoms with Crippen molar-refractivity contribution in [2.75, 3.05) is 0 Å². The van der Waals surface area contributed by atoms with Crippen LogP contribution in [0, 0.1) is 19.1 Å². The quantitative estimate of drug-likeness (QED) is 0.166. The monoisotopic (exact) mass is 847 g/mol. The van der Waals surface area contributed by atoms with E-state index in [-0.39, 0.29) is 20.1 Å². The Morgan fingerprint density at radius 1 is 0.596 bits per heavy atom. The van der Waals surface area contributed by atoms with E-state index in [2.05, 4.69) is 101 Å². The molecule has 6 heteroatoms. The van der Waals surface area contributed by atoms with Gasteiger partial charge < -0.3 is 14.0 Å². The summed E-state index contributed by atoms with van der Waals surface area (Å²) in [5, 5.41) is 4.39. The number of nitrogens with zero attached hydrogens (tertiary/aromatic N) is 4. The zero-order chi connectivity index (χ0) is 34.1. The van der Waals surface area contributed by atoms with Crippen molar-refractivity contribution < 1.29 is 24.5 Å². The zero-order valence-corrected chi connectivity index (χ0v) is 30.5. The van der Waals surface area contributed by atoms with Crippen molar-refractivity contribution in [3.63, 3.8) is 0 Å². The van der Waals surface area contributed by atoms with E-state index in [1.165, 1.54) is 0 Å². The Bertz CT molecular complexity index is 2760. The second-order valence-corrected chi connectivity index (χ2v) is 12.3. The minimum Gasteiger partial charge on any atom is -0.500 e. The molecule has 10 aromatic rings. The minimum absolute atomic E-state index is 0. The first kappa shape index (κ1) is 33.0. The van der Waals surface area contributed by atoms with Gasteiger partial charge in [-0.15, -0.1) is 54.1 Å². The van der Waals surface area contributed by atoms with Crippen molar-refractivity contribution >= 4 is 43.7 Å². The van der Waals surface area contributed by atoms with Crippen LogP contribution in [-0.2, 0) is 20.1 Å². The summed E-state index contributed by atoms with van der Waals surface area (Å²) in [7, 11) is 0. The van der Waals surface area contributed by atoms with Crippen LogP contribution in [0.15, 0.2) is 168 Å². The average molecular weight is 847 g/mol. The molecule has 0 spiro atoms. The molecular weight excluding hydrogens is 817 g/mol. The van der Waals surface area contributed by atoms with Crippen LogP contribution in [0.4, 0.5) is 0 Å². The number of rotatable bonds is 4. The fourth-order valence-electron chi connectivity index (χ4n) is 6.74. The summed E-state index contributed by atoms with van der Waals surface area (Å²) in [5.41, 5.74) is 10.3. The van der Waals surface area contributed by atoms with Gasteiger partial charge in [-0.1, -0.05) is 108 Å². The normalized spacial score (nSPS) is 11.0. The Labute approximate surface area is 314 Å². The third kappa shape index (κ3) is 5.98. The molecule has 0 aliphatic heterocycles. The molecule has 52 heavy (non-hydrogen) atoms. The summed E-state index contributed by atoms with van der Waals surface area (Å²) >= 11 is 0. The maximum atomic E-state index is 6.66. The van der Waals surface area contributed by atoms with Gasteiger partial charge in [-0.25, -0.2) is 0 Å². The molecule has 0 saturated heterocycles. The second-order valence-electron chi connectivity index (χ2n) is 12.3. The van der Waals surface area contributed by atoms with Crippen molar-refractivity contribution in [2.24, 2.45) is 0 Å². The second kappa shape index (κ2) is 14.2. The van der Waals surface area contributed by atoms with Crippen LogP contribution in [0.2, 0.25) is 0 Å². The van der Waals surface area contributed by atoms with E-state index in [1.807, 2.05) is 84.9 Å². The van der Waals surface area contributed by atoms with Crippen LogP contribution in [0.1, 0.15) is 5.69 Å². The van der Waals surface area contributed by atoms with Crippen molar-refractivity contribution in [3.8, 4) is 39.6 Å². The Balaban J connectivity index is 0.000000253. The summed E-state index contributed by atoms with van der Waals surface area (Å²) in [5.74, 6) is 0.778. The van der Waals surface area contributed by atoms with E-state index in [0.29, 0.717) is 0 Å². The number of hydrogen-bond donors (Lipinski definition) is 0. The van der Waals surface area contributed by atoms with E-state index in [1.54, 1.807) is 6.20 Å². The number of pyridine rings is 2. The largest absolute Gasteiger partial charge is 0.500 e. The summed E-state index contributed by atoms with van der Waals surface area (Å²) in [6, 6.07) is 59.6. The van der Waals surface area contributed by atoms with Crippen LogP contribution in [0.5, 0.6) is 0 Å². The summed E-state index contributed by atoms with van der Waals surface area (Å²) in [6.45, 7) is 2.05. The molecule has 0 saturated carbocycles. The standard InChI is InChI=1S/C35H22N3O.C11H8N.Ir/c1-22-32-31(21-30(36-22)24-12-4-2-5-13-24)37-35(38(32)25-14-6-3-7-15-25)29-18-10-17-27-28-20-19-23-11-8-9-16-26(23)33(28)39-34(27)29;1-2-6-10(7-3-1)11-8-4-5-9-12-11;/h2-17,19-21H,1H3;1-6,8-9H;/q2*-1;. The average Bonchev–Trinajstić information content (AvgIpc) is 3.79. The fraction of sp³-hybridized carbons (Fsp3) is 0.0217. The van der Waals surface area contributed by atoms with Crippen LogP contribution in [-0.4, -0.2) is 19.5 Å². The minimum atomic E-state index is 0. The zero-order valence-electron chi connectivity index (χ0n) is 28.1. The fourth-order valence-corrected chi connectivity index (χ4v) is 6.74. The molecule has 0 N–H and O–H groups in total. The van der Waals surface area contributed by atoms with Gasteiger partial charge in [0.05, 0.1) is 33.8 Å². The van der Waals surface area contributed by atoms with Gasteiger partial charge in [0.2, 0.25) is 0 Å². The van der Waals surface area contributed by atoms with Gasteiger partial charge in [-0.3, -0.25) is 9.97 Å². The van der Waals surface area contributed by atoms with Gasteiger partial charge >= 0.3 is 0 Å². The Hall–Kier alpha value is -6.20. The summed E-state index contributed by atoms with van der Waals surface area (Å²) in [4.78, 5) is 14.4. The molecule has 251 valence electrons. The van der Waals surface area contributed by atoms with E-state index in [9.17, 15) is 0 Å². The van der Waals surface area contributed by atoms with Crippen molar-refractivity contribution in [1.82, 2.24) is 19.5 Å². The van der Waals surface area contributed by atoms with Crippen LogP contribution < -0.4 is 0 Å². The van der Waals surface area contributed by atoms with Crippen molar-refractivity contribution in [3.05, 3.63) is 182 Å². The van der Waals surface area contributed by atoms with Gasteiger partial charge in [0.15, 0.2) is 0 Å². The molecule has 0 aliphatic carbocycles. The van der Waals surface area contributed by atoms with Gasteiger partial charge in [0.1, 0.15) is 5.58 Å². The van der Waals surface area contributed by atoms with E-state index >= 15 is 0 Å². The first-order valence-corrected chi connectivity index (χ1v) is 16.9. The molecule has 1 radical (unpaired) electrons. The molecule has 0 fully saturated rings. The molecule has 0 unspecified atom stereocenters. The Morgan fingerprint density at radius 3 is 2.13 bits per heavy atom. The molecule has 4 aromatic heterocycles. The molecule has 5 nitrogen and oxygen atoms in total. The maximum absolute atomic E-state index is 6.66. The number of benzene rings is 6. The van der Waals surface area contributed by atoms with Gasteiger partial charge in [-0.05, 0) is 42.3 Å². The third-order valence-electron chi connectivity index (χ3n) is 9.09. The van der Waals surface area contributed by atoms with Crippen LogP contribution in [0.25, 0.3) is 83.3 Å². The Morgan fingerprint density at radius 2 is 1.35 bits per heavy atom. The van der Waals surface area contributed by atoms with Crippen molar-refractivity contribution in [1.29, 1.82) is 0 Å². The SMILES string of the molecule is Cc1nc(-c2ccccc2)cc2nc(-c3[c-]ccc4c3oc3c5ccccc5ccc43)n(-c3ccccc3)c12.[Ir].[c-]1ccccc1-c1ccccn1. The molecule has 4 heterocycles. The number of aromatic nitrogens is 4.